The monoisotopic (exact) mass is 366 g/mol. The predicted octanol–water partition coefficient (Wildman–Crippen LogP) is 3.56. The molecule has 1 N–H and O–H groups in total. The number of halogens is 8. The SMILES string of the molecule is Cl.Fc1cc(F)c(F)c([C@@H](CC(F)(F)F)N2CCNCC2)c1F. The molecule has 1 heterocycles. The Hall–Kier alpha value is -1.06. The Morgan fingerprint density at radius 1 is 1.00 bits per heavy atom. The van der Waals surface area contributed by atoms with Gasteiger partial charge in [-0.3, -0.25) is 4.90 Å². The van der Waals surface area contributed by atoms with Crippen LogP contribution in [0.5, 0.6) is 0 Å². The second-order valence-corrected chi connectivity index (χ2v) is 5.00. The van der Waals surface area contributed by atoms with E-state index in [2.05, 4.69) is 5.32 Å². The molecular formula is C13H14ClF7N2. The molecule has 1 saturated heterocycles. The van der Waals surface area contributed by atoms with Gasteiger partial charge in [-0.1, -0.05) is 0 Å². The largest absolute Gasteiger partial charge is 0.390 e. The number of alkyl halides is 3. The highest BCUT2D eigenvalue weighted by molar-refractivity contribution is 5.85. The molecule has 0 spiro atoms. The Labute approximate surface area is 134 Å². The van der Waals surface area contributed by atoms with E-state index in [0.29, 0.717) is 13.1 Å². The van der Waals surface area contributed by atoms with Crippen LogP contribution < -0.4 is 5.32 Å². The van der Waals surface area contributed by atoms with Crippen LogP contribution in [0.1, 0.15) is 18.0 Å². The molecule has 2 rings (SSSR count). The minimum Gasteiger partial charge on any atom is -0.314 e. The molecule has 0 aliphatic carbocycles. The highest BCUT2D eigenvalue weighted by Crippen LogP contribution is 2.37. The summed E-state index contributed by atoms with van der Waals surface area (Å²) >= 11 is 0. The predicted molar refractivity (Wildman–Crippen MR) is 71.4 cm³/mol. The van der Waals surface area contributed by atoms with Crippen LogP contribution in [0.15, 0.2) is 6.07 Å². The highest BCUT2D eigenvalue weighted by atomic mass is 35.5. The minimum atomic E-state index is -4.74. The zero-order valence-corrected chi connectivity index (χ0v) is 12.5. The van der Waals surface area contributed by atoms with Crippen LogP contribution in [0, 0.1) is 23.3 Å². The molecule has 0 radical (unpaired) electrons. The molecular weight excluding hydrogens is 353 g/mol. The third kappa shape index (κ3) is 4.71. The molecule has 2 nitrogen and oxygen atoms in total. The first-order valence-corrected chi connectivity index (χ1v) is 6.55. The smallest absolute Gasteiger partial charge is 0.314 e. The zero-order valence-electron chi connectivity index (χ0n) is 11.7. The molecule has 1 aliphatic heterocycles. The Bertz CT molecular complexity index is 518. The van der Waals surface area contributed by atoms with Crippen LogP contribution in [0.2, 0.25) is 0 Å². The summed E-state index contributed by atoms with van der Waals surface area (Å²) in [5.74, 6) is -6.99. The van der Waals surface area contributed by atoms with Crippen molar-refractivity contribution in [2.24, 2.45) is 0 Å². The van der Waals surface area contributed by atoms with E-state index in [9.17, 15) is 30.7 Å². The van der Waals surface area contributed by atoms with Crippen molar-refractivity contribution in [1.82, 2.24) is 10.2 Å². The molecule has 0 aromatic heterocycles. The maximum atomic E-state index is 13.8. The molecule has 132 valence electrons. The summed E-state index contributed by atoms with van der Waals surface area (Å²) in [6, 6.07) is -1.83. The van der Waals surface area contributed by atoms with E-state index in [1.165, 1.54) is 4.90 Å². The van der Waals surface area contributed by atoms with Crippen molar-refractivity contribution in [3.05, 3.63) is 34.9 Å². The molecule has 23 heavy (non-hydrogen) atoms. The lowest BCUT2D eigenvalue weighted by atomic mass is 9.99. The third-order valence-corrected chi connectivity index (χ3v) is 3.50. The first kappa shape index (κ1) is 20.0. The van der Waals surface area contributed by atoms with Crippen molar-refractivity contribution < 1.29 is 30.7 Å². The fourth-order valence-electron chi connectivity index (χ4n) is 2.51. The summed E-state index contributed by atoms with van der Waals surface area (Å²) in [6.07, 6.45) is -6.33. The zero-order chi connectivity index (χ0) is 16.5. The summed E-state index contributed by atoms with van der Waals surface area (Å²) in [6.45, 7) is 0.792. The van der Waals surface area contributed by atoms with Gasteiger partial charge in [0.05, 0.1) is 6.42 Å². The van der Waals surface area contributed by atoms with Crippen LogP contribution in [-0.2, 0) is 0 Å². The van der Waals surface area contributed by atoms with Crippen LogP contribution in [0.3, 0.4) is 0 Å². The van der Waals surface area contributed by atoms with Gasteiger partial charge in [0, 0.05) is 43.9 Å². The van der Waals surface area contributed by atoms with E-state index >= 15 is 0 Å². The molecule has 0 saturated carbocycles. The lowest BCUT2D eigenvalue weighted by molar-refractivity contribution is -0.149. The van der Waals surface area contributed by atoms with Crippen molar-refractivity contribution in [2.75, 3.05) is 26.2 Å². The fraction of sp³-hybridized carbons (Fsp3) is 0.538. The number of piperazine rings is 1. The normalized spacial score (nSPS) is 17.7. The Morgan fingerprint density at radius 3 is 1.91 bits per heavy atom. The molecule has 0 amide bonds. The summed E-state index contributed by atoms with van der Waals surface area (Å²) < 4.78 is 92.4. The highest BCUT2D eigenvalue weighted by Gasteiger charge is 2.39. The van der Waals surface area contributed by atoms with Crippen molar-refractivity contribution in [2.45, 2.75) is 18.6 Å². The van der Waals surface area contributed by atoms with E-state index < -0.39 is 47.5 Å². The maximum absolute atomic E-state index is 13.8. The van der Waals surface area contributed by atoms with Crippen LogP contribution >= 0.6 is 12.4 Å². The molecule has 1 aromatic rings. The fourth-order valence-corrected chi connectivity index (χ4v) is 2.51. The maximum Gasteiger partial charge on any atom is 0.390 e. The van der Waals surface area contributed by atoms with Gasteiger partial charge in [0.15, 0.2) is 23.3 Å². The molecule has 1 fully saturated rings. The van der Waals surface area contributed by atoms with Gasteiger partial charge in [0.25, 0.3) is 0 Å². The van der Waals surface area contributed by atoms with Gasteiger partial charge in [-0.25, -0.2) is 17.6 Å². The van der Waals surface area contributed by atoms with Gasteiger partial charge >= 0.3 is 6.18 Å². The van der Waals surface area contributed by atoms with Gasteiger partial charge in [-0.05, 0) is 0 Å². The summed E-state index contributed by atoms with van der Waals surface area (Å²) in [4.78, 5) is 1.17. The Balaban J connectivity index is 0.00000264. The van der Waals surface area contributed by atoms with E-state index in [1.807, 2.05) is 0 Å². The lowest BCUT2D eigenvalue weighted by Crippen LogP contribution is -2.46. The van der Waals surface area contributed by atoms with E-state index in [-0.39, 0.29) is 31.6 Å². The van der Waals surface area contributed by atoms with Gasteiger partial charge < -0.3 is 5.32 Å². The number of nitrogens with one attached hydrogen (secondary N) is 1. The molecule has 1 aliphatic rings. The number of nitrogens with zero attached hydrogens (tertiary/aromatic N) is 1. The van der Waals surface area contributed by atoms with Crippen molar-refractivity contribution >= 4 is 12.4 Å². The van der Waals surface area contributed by atoms with Gasteiger partial charge in [-0.15, -0.1) is 12.4 Å². The standard InChI is InChI=1S/C13H13F7N2.ClH/c14-7-5-8(15)12(17)10(11(7)16)9(6-13(18,19)20)22-3-1-21-2-4-22;/h5,9,21H,1-4,6H2;1H/t9-;/m1./s1. The third-order valence-electron chi connectivity index (χ3n) is 3.50. The molecule has 10 heteroatoms. The van der Waals surface area contributed by atoms with Crippen LogP contribution in [-0.4, -0.2) is 37.3 Å². The molecule has 0 bridgehead atoms. The summed E-state index contributed by atoms with van der Waals surface area (Å²) in [7, 11) is 0. The number of hydrogen-bond acceptors (Lipinski definition) is 2. The summed E-state index contributed by atoms with van der Waals surface area (Å²) in [5, 5.41) is 2.88. The first-order chi connectivity index (χ1) is 10.2. The van der Waals surface area contributed by atoms with Crippen LogP contribution in [0.4, 0.5) is 30.7 Å². The van der Waals surface area contributed by atoms with Crippen molar-refractivity contribution in [3.8, 4) is 0 Å². The number of benzene rings is 1. The average molecular weight is 367 g/mol. The average Bonchev–Trinajstić information content (AvgIpc) is 2.44. The minimum absolute atomic E-state index is 0. The topological polar surface area (TPSA) is 15.3 Å². The quantitative estimate of drug-likeness (QED) is 0.650. The number of rotatable bonds is 3. The van der Waals surface area contributed by atoms with Gasteiger partial charge in [0.1, 0.15) is 0 Å². The second-order valence-electron chi connectivity index (χ2n) is 5.00. The Morgan fingerprint density at radius 2 is 1.48 bits per heavy atom. The molecule has 0 unspecified atom stereocenters. The van der Waals surface area contributed by atoms with Gasteiger partial charge in [0.2, 0.25) is 0 Å². The molecule has 1 aromatic carbocycles. The first-order valence-electron chi connectivity index (χ1n) is 6.55. The second kappa shape index (κ2) is 7.67. The molecule has 1 atom stereocenters. The number of hydrogen-bond donors (Lipinski definition) is 1. The summed E-state index contributed by atoms with van der Waals surface area (Å²) in [5.41, 5.74) is -1.21. The Kier molecular flexibility index (Phi) is 6.67. The van der Waals surface area contributed by atoms with Crippen molar-refractivity contribution in [3.63, 3.8) is 0 Å². The van der Waals surface area contributed by atoms with Crippen LogP contribution in [0.25, 0.3) is 0 Å². The van der Waals surface area contributed by atoms with E-state index in [4.69, 9.17) is 0 Å². The van der Waals surface area contributed by atoms with Crippen molar-refractivity contribution in [1.29, 1.82) is 0 Å². The van der Waals surface area contributed by atoms with Gasteiger partial charge in [-0.2, -0.15) is 13.2 Å². The van der Waals surface area contributed by atoms with E-state index in [1.54, 1.807) is 0 Å². The van der Waals surface area contributed by atoms with E-state index in [0.717, 1.165) is 0 Å². The lowest BCUT2D eigenvalue weighted by Gasteiger charge is -2.35.